The summed E-state index contributed by atoms with van der Waals surface area (Å²) in [6.07, 6.45) is 0.488. The van der Waals surface area contributed by atoms with Gasteiger partial charge in [-0.1, -0.05) is 43.8 Å². The van der Waals surface area contributed by atoms with Gasteiger partial charge in [-0.2, -0.15) is 0 Å². The summed E-state index contributed by atoms with van der Waals surface area (Å²) >= 11 is 0. The molecule has 1 aliphatic heterocycles. The maximum atomic E-state index is 12.7. The molecule has 2 aromatic carbocycles. The van der Waals surface area contributed by atoms with Crippen molar-refractivity contribution in [3.63, 3.8) is 0 Å². The maximum Gasteiger partial charge on any atom is 0.319 e. The van der Waals surface area contributed by atoms with Crippen LogP contribution >= 0.6 is 0 Å². The molecule has 0 aliphatic carbocycles. The number of benzene rings is 2. The molecule has 146 valence electrons. The van der Waals surface area contributed by atoms with Crippen molar-refractivity contribution in [2.24, 2.45) is 5.92 Å². The molecule has 6 heteroatoms. The smallest absolute Gasteiger partial charge is 0.319 e. The number of ether oxygens (including phenoxy) is 2. The lowest BCUT2D eigenvalue weighted by atomic mass is 9.89. The highest BCUT2D eigenvalue weighted by atomic mass is 16.5. The summed E-state index contributed by atoms with van der Waals surface area (Å²) in [6.45, 7) is 7.63. The van der Waals surface area contributed by atoms with Crippen LogP contribution in [0.2, 0.25) is 0 Å². The fourth-order valence-electron chi connectivity index (χ4n) is 2.99. The number of rotatable bonds is 6. The summed E-state index contributed by atoms with van der Waals surface area (Å²) in [4.78, 5) is 24.8. The zero-order valence-corrected chi connectivity index (χ0v) is 16.0. The van der Waals surface area contributed by atoms with E-state index < -0.39 is 24.0 Å². The molecule has 3 atom stereocenters. The normalized spacial score (nSPS) is 19.9. The standard InChI is InChI=1S/C22H24N2O4/c1-4-14(2)27-21(25)19-15(3)23-22(26)24-20(19)16-9-8-12-18(13-16)28-17-10-6-5-7-11-17/h5-14,19-20H,3-4H2,1-2H3,(H2,23,24,26). The van der Waals surface area contributed by atoms with Crippen molar-refractivity contribution in [1.29, 1.82) is 0 Å². The molecular formula is C22H24N2O4. The molecule has 3 rings (SSSR count). The van der Waals surface area contributed by atoms with E-state index >= 15 is 0 Å². The molecule has 0 aromatic heterocycles. The van der Waals surface area contributed by atoms with Crippen LogP contribution in [0, 0.1) is 5.92 Å². The van der Waals surface area contributed by atoms with Crippen molar-refractivity contribution >= 4 is 12.0 Å². The summed E-state index contributed by atoms with van der Waals surface area (Å²) in [5.74, 6) is 0.146. The molecule has 2 amide bonds. The first-order chi connectivity index (χ1) is 13.5. The van der Waals surface area contributed by atoms with Crippen LogP contribution in [0.5, 0.6) is 11.5 Å². The zero-order chi connectivity index (χ0) is 20.1. The SMILES string of the molecule is C=C1NC(=O)NC(c2cccc(Oc3ccccc3)c2)C1C(=O)OC(C)CC. The third-order valence-electron chi connectivity index (χ3n) is 4.61. The van der Waals surface area contributed by atoms with Gasteiger partial charge in [-0.05, 0) is 43.2 Å². The average Bonchev–Trinajstić information content (AvgIpc) is 2.68. The Bertz CT molecular complexity index is 866. The van der Waals surface area contributed by atoms with Gasteiger partial charge in [0.2, 0.25) is 0 Å². The van der Waals surface area contributed by atoms with E-state index in [9.17, 15) is 9.59 Å². The lowest BCUT2D eigenvalue weighted by Gasteiger charge is -2.34. The summed E-state index contributed by atoms with van der Waals surface area (Å²) in [6, 6.07) is 15.7. The number of carbonyl (C=O) groups excluding carboxylic acids is 2. The van der Waals surface area contributed by atoms with Crippen LogP contribution in [0.3, 0.4) is 0 Å². The minimum atomic E-state index is -0.737. The highest BCUT2D eigenvalue weighted by Gasteiger charge is 2.39. The van der Waals surface area contributed by atoms with E-state index in [1.54, 1.807) is 6.07 Å². The van der Waals surface area contributed by atoms with Gasteiger partial charge in [-0.15, -0.1) is 0 Å². The number of amides is 2. The Kier molecular flexibility index (Phi) is 5.99. The third kappa shape index (κ3) is 4.52. The van der Waals surface area contributed by atoms with Gasteiger partial charge in [0.25, 0.3) is 0 Å². The number of esters is 1. The number of nitrogens with one attached hydrogen (secondary N) is 2. The van der Waals surface area contributed by atoms with Gasteiger partial charge in [-0.25, -0.2) is 4.79 Å². The first-order valence-electron chi connectivity index (χ1n) is 9.27. The van der Waals surface area contributed by atoms with Crippen molar-refractivity contribution in [2.45, 2.75) is 32.4 Å². The summed E-state index contributed by atoms with van der Waals surface area (Å²) < 4.78 is 11.4. The molecule has 2 N–H and O–H groups in total. The van der Waals surface area contributed by atoms with Crippen LogP contribution < -0.4 is 15.4 Å². The largest absolute Gasteiger partial charge is 0.462 e. The summed E-state index contributed by atoms with van der Waals surface area (Å²) in [7, 11) is 0. The Labute approximate surface area is 164 Å². The fourth-order valence-corrected chi connectivity index (χ4v) is 2.99. The number of hydrogen-bond acceptors (Lipinski definition) is 4. The van der Waals surface area contributed by atoms with E-state index in [2.05, 4.69) is 17.2 Å². The van der Waals surface area contributed by atoms with Crippen molar-refractivity contribution < 1.29 is 19.1 Å². The highest BCUT2D eigenvalue weighted by Crippen LogP contribution is 2.33. The number of hydrogen-bond donors (Lipinski definition) is 2. The molecule has 0 bridgehead atoms. The van der Waals surface area contributed by atoms with Gasteiger partial charge in [0.1, 0.15) is 17.4 Å². The molecule has 2 aromatic rings. The van der Waals surface area contributed by atoms with Gasteiger partial charge in [0.15, 0.2) is 0 Å². The Morgan fingerprint density at radius 3 is 2.57 bits per heavy atom. The van der Waals surface area contributed by atoms with E-state index in [0.717, 1.165) is 5.56 Å². The quantitative estimate of drug-likeness (QED) is 0.733. The minimum Gasteiger partial charge on any atom is -0.462 e. The van der Waals surface area contributed by atoms with Crippen LogP contribution in [0.15, 0.2) is 66.9 Å². The minimum absolute atomic E-state index is 0.216. The second-order valence-electron chi connectivity index (χ2n) is 6.72. The Morgan fingerprint density at radius 2 is 1.86 bits per heavy atom. The van der Waals surface area contributed by atoms with Gasteiger partial charge in [0.05, 0.1) is 12.1 Å². The van der Waals surface area contributed by atoms with Crippen molar-refractivity contribution in [3.05, 3.63) is 72.4 Å². The van der Waals surface area contributed by atoms with Crippen LogP contribution in [0.1, 0.15) is 31.9 Å². The Hall–Kier alpha value is -3.28. The molecule has 1 aliphatic rings. The number of urea groups is 1. The highest BCUT2D eigenvalue weighted by molar-refractivity contribution is 5.85. The van der Waals surface area contributed by atoms with E-state index in [1.165, 1.54) is 0 Å². The lowest BCUT2D eigenvalue weighted by molar-refractivity contribution is -0.153. The first kappa shape index (κ1) is 19.5. The topological polar surface area (TPSA) is 76.7 Å². The average molecular weight is 380 g/mol. The molecule has 3 unspecified atom stereocenters. The van der Waals surface area contributed by atoms with Gasteiger partial charge < -0.3 is 20.1 Å². The van der Waals surface area contributed by atoms with Crippen LogP contribution in [0.25, 0.3) is 0 Å². The fraction of sp³-hybridized carbons (Fsp3) is 0.273. The second-order valence-corrected chi connectivity index (χ2v) is 6.72. The van der Waals surface area contributed by atoms with E-state index in [0.29, 0.717) is 23.6 Å². The van der Waals surface area contributed by atoms with E-state index in [4.69, 9.17) is 9.47 Å². The van der Waals surface area contributed by atoms with Crippen molar-refractivity contribution in [3.8, 4) is 11.5 Å². The number of para-hydroxylation sites is 1. The van der Waals surface area contributed by atoms with Crippen molar-refractivity contribution in [2.75, 3.05) is 0 Å². The second kappa shape index (κ2) is 8.61. The van der Waals surface area contributed by atoms with Gasteiger partial charge >= 0.3 is 12.0 Å². The predicted octanol–water partition coefficient (Wildman–Crippen LogP) is 4.30. The van der Waals surface area contributed by atoms with Gasteiger partial charge in [0, 0.05) is 5.70 Å². The first-order valence-corrected chi connectivity index (χ1v) is 9.27. The summed E-state index contributed by atoms with van der Waals surface area (Å²) in [5, 5.41) is 5.39. The van der Waals surface area contributed by atoms with Crippen LogP contribution in [-0.2, 0) is 9.53 Å². The molecule has 28 heavy (non-hydrogen) atoms. The van der Waals surface area contributed by atoms with Crippen LogP contribution in [-0.4, -0.2) is 18.1 Å². The van der Waals surface area contributed by atoms with Crippen molar-refractivity contribution in [1.82, 2.24) is 10.6 Å². The molecule has 0 saturated carbocycles. The molecule has 6 nitrogen and oxygen atoms in total. The molecular weight excluding hydrogens is 356 g/mol. The van der Waals surface area contributed by atoms with E-state index in [-0.39, 0.29) is 6.10 Å². The van der Waals surface area contributed by atoms with Gasteiger partial charge in [-0.3, -0.25) is 4.79 Å². The Balaban J connectivity index is 1.87. The third-order valence-corrected chi connectivity index (χ3v) is 4.61. The predicted molar refractivity (Wildman–Crippen MR) is 106 cm³/mol. The molecule has 1 fully saturated rings. The summed E-state index contributed by atoms with van der Waals surface area (Å²) in [5.41, 5.74) is 1.05. The zero-order valence-electron chi connectivity index (χ0n) is 16.0. The molecule has 0 radical (unpaired) electrons. The molecule has 0 spiro atoms. The Morgan fingerprint density at radius 1 is 1.14 bits per heavy atom. The lowest BCUT2D eigenvalue weighted by Crippen LogP contribution is -2.51. The molecule has 1 saturated heterocycles. The van der Waals surface area contributed by atoms with Crippen LogP contribution in [0.4, 0.5) is 4.79 Å². The number of carbonyl (C=O) groups is 2. The monoisotopic (exact) mass is 380 g/mol. The maximum absolute atomic E-state index is 12.7. The van der Waals surface area contributed by atoms with E-state index in [1.807, 2.05) is 62.4 Å². The molecule has 1 heterocycles.